The van der Waals surface area contributed by atoms with Crippen LogP contribution in [0.15, 0.2) is 188 Å². The van der Waals surface area contributed by atoms with Gasteiger partial charge in [-0.15, -0.1) is 0 Å². The maximum absolute atomic E-state index is 13.1. The molecule has 1 N–H and O–H groups in total. The zero-order valence-electron chi connectivity index (χ0n) is 81.8. The van der Waals surface area contributed by atoms with E-state index in [9.17, 15) is 52.7 Å². The molecular weight excluding hydrogens is 1650 g/mol. The van der Waals surface area contributed by atoms with E-state index in [-0.39, 0.29) is 52.2 Å². The zero-order chi connectivity index (χ0) is 98.1. The van der Waals surface area contributed by atoms with Crippen molar-refractivity contribution in [1.82, 2.24) is 0 Å². The number of benzene rings is 10. The van der Waals surface area contributed by atoms with Gasteiger partial charge < -0.3 is 14.6 Å². The lowest BCUT2D eigenvalue weighted by Crippen LogP contribution is -2.14. The Bertz CT molecular complexity index is 4960. The highest BCUT2D eigenvalue weighted by Gasteiger charge is 2.34. The summed E-state index contributed by atoms with van der Waals surface area (Å²) in [6.07, 6.45) is -13.1. The molecule has 698 valence electrons. The molecule has 0 bridgehead atoms. The predicted molar refractivity (Wildman–Crippen MR) is 510 cm³/mol. The topological polar surface area (TPSA) is 62.5 Å². The fourth-order valence-electron chi connectivity index (χ4n) is 13.7. The van der Waals surface area contributed by atoms with Gasteiger partial charge in [0.15, 0.2) is 0 Å². The molecule has 0 amide bonds. The van der Waals surface area contributed by atoms with Crippen LogP contribution in [0.4, 0.5) is 52.7 Å². The number of alkyl halides is 9. The molecule has 0 aliphatic rings. The minimum Gasteiger partial charge on any atom is -0.497 e. The number of methoxy groups -OCH3 is 2. The van der Waals surface area contributed by atoms with Crippen LogP contribution >= 0.6 is 11.6 Å². The molecule has 0 heterocycles. The number of hydrogen-bond acceptors (Lipinski definition) is 4. The molecule has 0 saturated carbocycles. The lowest BCUT2D eigenvalue weighted by atomic mass is 9.83. The lowest BCUT2D eigenvalue weighted by Gasteiger charge is -2.22. The van der Waals surface area contributed by atoms with Crippen LogP contribution < -0.4 is 9.47 Å². The van der Waals surface area contributed by atoms with Gasteiger partial charge >= 0.3 is 18.5 Å². The van der Waals surface area contributed by atoms with Crippen LogP contribution in [0, 0.1) is 77.2 Å². The Kier molecular flexibility index (Phi) is 47.7. The molecule has 127 heavy (non-hydrogen) atoms. The van der Waals surface area contributed by atoms with Gasteiger partial charge in [0.1, 0.15) is 29.0 Å². The van der Waals surface area contributed by atoms with E-state index in [1.807, 2.05) is 90.9 Å². The highest BCUT2D eigenvalue weighted by atomic mass is 35.5. The van der Waals surface area contributed by atoms with Crippen LogP contribution in [0.5, 0.6) is 11.5 Å². The van der Waals surface area contributed by atoms with Crippen LogP contribution in [0.2, 0.25) is 5.02 Å². The van der Waals surface area contributed by atoms with Crippen molar-refractivity contribution in [2.75, 3.05) is 14.2 Å². The molecule has 0 aliphatic carbocycles. The number of halogens is 13. The van der Waals surface area contributed by atoms with E-state index in [0.717, 1.165) is 69.6 Å². The fourth-order valence-corrected chi connectivity index (χ4v) is 13.9. The highest BCUT2D eigenvalue weighted by molar-refractivity contribution is 6.30. The molecule has 0 saturated heterocycles. The number of aryl methyl sites for hydroxylation is 7. The van der Waals surface area contributed by atoms with Crippen molar-refractivity contribution in [2.45, 2.75) is 310 Å². The first-order valence-electron chi connectivity index (χ1n) is 43.3. The quantitative estimate of drug-likeness (QED) is 0.131. The summed E-state index contributed by atoms with van der Waals surface area (Å²) in [5, 5.41) is 18.5. The van der Waals surface area contributed by atoms with Crippen molar-refractivity contribution in [3.05, 3.63) is 338 Å². The number of ether oxygens (including phenoxy) is 2. The summed E-state index contributed by atoms with van der Waals surface area (Å²) in [6, 6.07) is 55.7. The fraction of sp³-hybridized carbons (Fsp3) is 0.445. The first-order chi connectivity index (χ1) is 58.3. The molecule has 17 heteroatoms. The minimum atomic E-state index is -4.48. The Balaban J connectivity index is 0.000000707. The highest BCUT2D eigenvalue weighted by Crippen LogP contribution is 2.37. The second kappa shape index (κ2) is 52.4. The average molecular weight is 1790 g/mol. The van der Waals surface area contributed by atoms with Crippen LogP contribution in [0.25, 0.3) is 0 Å². The second-order valence-electron chi connectivity index (χ2n) is 37.6. The van der Waals surface area contributed by atoms with Gasteiger partial charge in [0.25, 0.3) is 0 Å². The first kappa shape index (κ1) is 116. The van der Waals surface area contributed by atoms with E-state index in [1.165, 1.54) is 96.6 Å². The van der Waals surface area contributed by atoms with Gasteiger partial charge in [-0.2, -0.15) is 44.8 Å². The van der Waals surface area contributed by atoms with E-state index in [0.29, 0.717) is 57.9 Å². The summed E-state index contributed by atoms with van der Waals surface area (Å²) in [5.74, 6) is 3.39. The molecule has 0 spiro atoms. The summed E-state index contributed by atoms with van der Waals surface area (Å²) in [5.41, 5.74) is 20.1. The SMILES string of the molecule is CC(C)c1cc(F)ccc1F.CC(C)c1ccc(C(C)(C)C)cc1.CC(C)c1ccc(C(F)(F)F)cc1CO.CC(C)c1ccc(C(F)(F)F)cc1F.COc1ccc(C(C)C)c(C)c1.COc1ccc(C)c(C(C)C)c1.Cc1cc(C#N)ccc1C(C)C.Cc1cc(C(F)(F)F)ccc1C(C)(C)C.Cc1cc(Cl)ccc1C(C)(C)C.Cc1ccc(C)c(C(C)C)c1. The Hall–Kier alpha value is -9.30. The smallest absolute Gasteiger partial charge is 0.416 e. The van der Waals surface area contributed by atoms with Crippen LogP contribution in [-0.4, -0.2) is 19.3 Å². The van der Waals surface area contributed by atoms with E-state index in [2.05, 4.69) is 231 Å². The number of hydrogen-bond donors (Lipinski definition) is 1. The normalized spacial score (nSPS) is 11.4. The van der Waals surface area contributed by atoms with E-state index < -0.39 is 41.0 Å². The van der Waals surface area contributed by atoms with Gasteiger partial charge in [-0.25, -0.2) is 13.2 Å². The van der Waals surface area contributed by atoms with Crippen molar-refractivity contribution >= 4 is 11.6 Å². The molecule has 10 aromatic carbocycles. The summed E-state index contributed by atoms with van der Waals surface area (Å²) in [6.45, 7) is 66.4. The van der Waals surface area contributed by atoms with Crippen LogP contribution in [0.3, 0.4) is 0 Å². The summed E-state index contributed by atoms with van der Waals surface area (Å²) in [7, 11) is 3.40. The standard InChI is InChI=1S/C13H20.C12H15F3.C11H15Cl.C11H13F3O.C11H13N.2C11H16O.C11H16.C10H10F4.C9H10F2/c1-10(2)11-6-8-12(9-7-11)13(3,4)5;1-8-7-9(12(13,14)15)5-6-10(8)11(2,3)4;1-8-7-9(12)5-6-10(8)11(2,3)4;1-7(2)10-4-3-9(11(12,13)14)5-8(10)6-15;1-8(2)11-5-4-10(7-12)6-9(11)3;1-8(2)11-6-5-10(12-4)7-9(11)3;1-8(2)11-7-10(12-4)6-5-9(11)3;1-8(2)11-7-9(3)5-6-10(11)4;1-6(2)8-4-3-7(5-9(8)11)10(12,13)14;1-6(2)8-5-7(10)3-4-9(8)11/h6-10H,1-5H3;5-7H,1-4H3;5-7H,1-4H3;3-5,7,15H,6H2,1-2H3;4-6,8H,1-3H3;2*5-8H,1-4H3;5-8H,1-4H3;3-6H,1-2H3;3-6H,1-2H3. The third kappa shape index (κ3) is 40.9. The van der Waals surface area contributed by atoms with Crippen molar-refractivity contribution in [2.24, 2.45) is 0 Å². The Morgan fingerprint density at radius 2 is 0.701 bits per heavy atom. The Morgan fingerprint density at radius 1 is 0.323 bits per heavy atom. The summed E-state index contributed by atoms with van der Waals surface area (Å²) in [4.78, 5) is 0. The third-order valence-electron chi connectivity index (χ3n) is 20.9. The Labute approximate surface area is 760 Å². The van der Waals surface area contributed by atoms with Gasteiger partial charge in [-0.3, -0.25) is 0 Å². The van der Waals surface area contributed by atoms with E-state index >= 15 is 0 Å². The van der Waals surface area contributed by atoms with Crippen molar-refractivity contribution in [1.29, 1.82) is 5.26 Å². The molecule has 0 atom stereocenters. The number of aliphatic hydroxyl groups is 1. The lowest BCUT2D eigenvalue weighted by molar-refractivity contribution is -0.138. The van der Waals surface area contributed by atoms with E-state index in [1.54, 1.807) is 41.1 Å². The molecule has 0 aromatic heterocycles. The number of aliphatic hydroxyl groups excluding tert-OH is 1. The van der Waals surface area contributed by atoms with Crippen molar-refractivity contribution < 1.29 is 67.3 Å². The summed E-state index contributed by atoms with van der Waals surface area (Å²) < 4.78 is 159. The molecule has 0 radical (unpaired) electrons. The molecule has 4 nitrogen and oxygen atoms in total. The van der Waals surface area contributed by atoms with Crippen LogP contribution in [0.1, 0.15) is 348 Å². The zero-order valence-corrected chi connectivity index (χ0v) is 82.6. The van der Waals surface area contributed by atoms with Gasteiger partial charge in [-0.05, 0) is 315 Å². The first-order valence-corrected chi connectivity index (χ1v) is 43.7. The molecule has 0 aliphatic heterocycles. The number of nitrogens with zero attached hydrogens (tertiary/aromatic N) is 1. The van der Waals surface area contributed by atoms with Crippen molar-refractivity contribution in [3.63, 3.8) is 0 Å². The molecule has 10 aromatic rings. The van der Waals surface area contributed by atoms with Crippen LogP contribution in [-0.2, 0) is 41.4 Å². The maximum Gasteiger partial charge on any atom is 0.416 e. The monoisotopic (exact) mass is 1790 g/mol. The molecular formula is C110H144ClF12NO3. The van der Waals surface area contributed by atoms with E-state index in [4.69, 9.17) is 31.4 Å². The molecule has 10 rings (SSSR count). The molecule has 0 fully saturated rings. The van der Waals surface area contributed by atoms with Gasteiger partial charge in [0.2, 0.25) is 0 Å². The number of rotatable bonds is 11. The Morgan fingerprint density at radius 3 is 1.07 bits per heavy atom. The largest absolute Gasteiger partial charge is 0.497 e. The second-order valence-corrected chi connectivity index (χ2v) is 38.0. The third-order valence-corrected chi connectivity index (χ3v) is 21.1. The van der Waals surface area contributed by atoms with Crippen molar-refractivity contribution in [3.8, 4) is 17.6 Å². The summed E-state index contributed by atoms with van der Waals surface area (Å²) >= 11 is 5.87. The molecule has 0 unspecified atom stereocenters. The predicted octanol–water partition coefficient (Wildman–Crippen LogP) is 35.4. The minimum absolute atomic E-state index is 0.0331. The average Bonchev–Trinajstić information content (AvgIpc) is 0.827. The van der Waals surface area contributed by atoms with Gasteiger partial charge in [0.05, 0.1) is 49.1 Å². The number of nitriles is 1. The maximum atomic E-state index is 13.1. The van der Waals surface area contributed by atoms with Gasteiger partial charge in [-0.1, -0.05) is 275 Å². The van der Waals surface area contributed by atoms with Gasteiger partial charge in [0, 0.05) is 5.02 Å².